The Hall–Kier alpha value is -5.28. The van der Waals surface area contributed by atoms with Crippen molar-refractivity contribution in [3.05, 3.63) is 146 Å². The van der Waals surface area contributed by atoms with E-state index in [9.17, 15) is 0 Å². The fourth-order valence-corrected chi connectivity index (χ4v) is 5.88. The Morgan fingerprint density at radius 3 is 2.05 bits per heavy atom. The van der Waals surface area contributed by atoms with Crippen molar-refractivity contribution in [2.45, 2.75) is 0 Å². The van der Waals surface area contributed by atoms with Gasteiger partial charge in [-0.3, -0.25) is 0 Å². The van der Waals surface area contributed by atoms with Crippen LogP contribution in [-0.4, -0.2) is 9.13 Å². The molecule has 0 fully saturated rings. The van der Waals surface area contributed by atoms with Gasteiger partial charge in [-0.2, -0.15) is 0 Å². The van der Waals surface area contributed by atoms with E-state index in [1.165, 1.54) is 43.5 Å². The van der Waals surface area contributed by atoms with E-state index in [2.05, 4.69) is 118 Å². The summed E-state index contributed by atoms with van der Waals surface area (Å²) in [7, 11) is 0. The molecule has 0 aliphatic heterocycles. The zero-order valence-corrected chi connectivity index (χ0v) is 21.2. The molecule has 8 aromatic rings. The quantitative estimate of drug-likeness (QED) is 0.235. The van der Waals surface area contributed by atoms with Crippen LogP contribution in [0.3, 0.4) is 0 Å². The number of para-hydroxylation sites is 3. The van der Waals surface area contributed by atoms with E-state index in [1.807, 2.05) is 36.4 Å². The average molecular weight is 501 g/mol. The average Bonchev–Trinajstić information content (AvgIpc) is 3.58. The molecule has 0 bridgehead atoms. The normalized spacial score (nSPS) is 11.6. The first kappa shape index (κ1) is 21.8. The Labute approximate surface area is 225 Å². The molecule has 0 aliphatic rings. The Morgan fingerprint density at radius 2 is 1.18 bits per heavy atom. The molecule has 0 aliphatic carbocycles. The highest BCUT2D eigenvalue weighted by Gasteiger charge is 2.18. The number of rotatable bonds is 4. The van der Waals surface area contributed by atoms with E-state index in [1.54, 1.807) is 0 Å². The minimum atomic E-state index is 0.810. The van der Waals surface area contributed by atoms with Crippen molar-refractivity contribution in [1.29, 1.82) is 0 Å². The summed E-state index contributed by atoms with van der Waals surface area (Å²) in [5, 5.41) is 6.20. The first-order chi connectivity index (χ1) is 19.3. The molecule has 0 unspecified atom stereocenters. The molecule has 2 aromatic heterocycles. The molecule has 0 amide bonds. The summed E-state index contributed by atoms with van der Waals surface area (Å²) in [4.78, 5) is 0. The molecule has 8 rings (SSSR count). The largest absolute Gasteiger partial charge is 0.457 e. The number of benzene rings is 6. The van der Waals surface area contributed by atoms with Crippen LogP contribution in [0.25, 0.3) is 54.9 Å². The fraction of sp³-hybridized carbons (Fsp3) is 0. The maximum Gasteiger partial charge on any atom is 0.129 e. The van der Waals surface area contributed by atoms with Crippen LogP contribution in [-0.2, 0) is 0 Å². The van der Waals surface area contributed by atoms with Crippen LogP contribution in [0.5, 0.6) is 11.5 Å². The van der Waals surface area contributed by atoms with Crippen molar-refractivity contribution in [3.63, 3.8) is 0 Å². The lowest BCUT2D eigenvalue weighted by Gasteiger charge is -2.13. The van der Waals surface area contributed by atoms with Gasteiger partial charge in [-0.25, -0.2) is 0 Å². The third-order valence-corrected chi connectivity index (χ3v) is 7.57. The molecule has 3 heteroatoms. The molecular formula is C36H24N2O. The Morgan fingerprint density at radius 1 is 0.462 bits per heavy atom. The van der Waals surface area contributed by atoms with Crippen LogP contribution in [0.1, 0.15) is 0 Å². The van der Waals surface area contributed by atoms with Gasteiger partial charge < -0.3 is 13.9 Å². The summed E-state index contributed by atoms with van der Waals surface area (Å²) < 4.78 is 10.9. The minimum Gasteiger partial charge on any atom is -0.457 e. The smallest absolute Gasteiger partial charge is 0.129 e. The lowest BCUT2D eigenvalue weighted by molar-refractivity contribution is 0.482. The Balaban J connectivity index is 1.44. The number of hydrogen-bond acceptors (Lipinski definition) is 1. The predicted octanol–water partition coefficient (Wildman–Crippen LogP) is 9.67. The first-order valence-electron chi connectivity index (χ1n) is 13.2. The molecule has 0 atom stereocenters. The minimum absolute atomic E-state index is 0.810. The summed E-state index contributed by atoms with van der Waals surface area (Å²) in [5.41, 5.74) is 5.81. The van der Waals surface area contributed by atoms with Crippen molar-refractivity contribution >= 4 is 43.5 Å². The zero-order valence-electron chi connectivity index (χ0n) is 21.2. The Bertz CT molecular complexity index is 2140. The van der Waals surface area contributed by atoms with E-state index in [-0.39, 0.29) is 0 Å². The molecule has 0 spiro atoms. The zero-order chi connectivity index (χ0) is 25.8. The summed E-state index contributed by atoms with van der Waals surface area (Å²) in [5.74, 6) is 1.64. The van der Waals surface area contributed by atoms with Crippen LogP contribution in [0.15, 0.2) is 146 Å². The summed E-state index contributed by atoms with van der Waals surface area (Å²) in [6.45, 7) is 0. The third kappa shape index (κ3) is 3.44. The van der Waals surface area contributed by atoms with Crippen LogP contribution in [0, 0.1) is 0 Å². The number of ether oxygens (including phenoxy) is 1. The van der Waals surface area contributed by atoms with Gasteiger partial charge in [0, 0.05) is 45.2 Å². The highest BCUT2D eigenvalue weighted by atomic mass is 16.5. The second kappa shape index (κ2) is 8.64. The van der Waals surface area contributed by atoms with E-state index in [0.717, 1.165) is 22.9 Å². The lowest BCUT2D eigenvalue weighted by Crippen LogP contribution is -1.96. The van der Waals surface area contributed by atoms with Crippen LogP contribution >= 0.6 is 0 Å². The van der Waals surface area contributed by atoms with Gasteiger partial charge in [0.25, 0.3) is 0 Å². The van der Waals surface area contributed by atoms with E-state index in [0.29, 0.717) is 0 Å². The molecule has 0 saturated carbocycles. The van der Waals surface area contributed by atoms with Gasteiger partial charge in [0.2, 0.25) is 0 Å². The molecule has 39 heavy (non-hydrogen) atoms. The van der Waals surface area contributed by atoms with Crippen molar-refractivity contribution in [2.75, 3.05) is 0 Å². The number of nitrogens with zero attached hydrogens (tertiary/aromatic N) is 2. The summed E-state index contributed by atoms with van der Waals surface area (Å²) in [6.07, 6.45) is 2.18. The van der Waals surface area contributed by atoms with E-state index >= 15 is 0 Å². The number of fused-ring (bicyclic) bond motifs is 7. The topological polar surface area (TPSA) is 19.1 Å². The van der Waals surface area contributed by atoms with E-state index in [4.69, 9.17) is 4.74 Å². The SMILES string of the molecule is c1ccc(Oc2cccc(-n3c4ccccc4c4ccc5ccc6c(ccn6-c6ccccc6)c5c43)c2)cc1. The standard InChI is InChI=1S/C36H24N2O/c1-3-10-26(11-4-1)37-23-22-32-33(37)21-19-25-18-20-31-30-16-7-8-17-34(30)38(36(31)35(25)32)27-12-9-15-29(24-27)39-28-13-5-2-6-14-28/h1-24H. The van der Waals surface area contributed by atoms with Gasteiger partial charge in [0.05, 0.1) is 16.6 Å². The molecule has 184 valence electrons. The van der Waals surface area contributed by atoms with Crippen molar-refractivity contribution in [3.8, 4) is 22.9 Å². The van der Waals surface area contributed by atoms with Crippen molar-refractivity contribution < 1.29 is 4.74 Å². The lowest BCUT2D eigenvalue weighted by atomic mass is 10.0. The van der Waals surface area contributed by atoms with Gasteiger partial charge in [-0.1, -0.05) is 78.9 Å². The number of aromatic nitrogens is 2. The van der Waals surface area contributed by atoms with Crippen LogP contribution in [0.2, 0.25) is 0 Å². The molecule has 3 nitrogen and oxygen atoms in total. The maximum absolute atomic E-state index is 6.23. The van der Waals surface area contributed by atoms with Gasteiger partial charge >= 0.3 is 0 Å². The molecule has 0 radical (unpaired) electrons. The first-order valence-corrected chi connectivity index (χ1v) is 13.2. The number of hydrogen-bond donors (Lipinski definition) is 0. The highest BCUT2D eigenvalue weighted by Crippen LogP contribution is 2.40. The van der Waals surface area contributed by atoms with Crippen LogP contribution < -0.4 is 4.74 Å². The second-order valence-corrected chi connectivity index (χ2v) is 9.84. The van der Waals surface area contributed by atoms with Gasteiger partial charge in [0.1, 0.15) is 11.5 Å². The van der Waals surface area contributed by atoms with Gasteiger partial charge in [0.15, 0.2) is 0 Å². The van der Waals surface area contributed by atoms with Crippen LogP contribution in [0.4, 0.5) is 0 Å². The maximum atomic E-state index is 6.23. The van der Waals surface area contributed by atoms with Gasteiger partial charge in [-0.15, -0.1) is 0 Å². The summed E-state index contributed by atoms with van der Waals surface area (Å²) >= 11 is 0. The molecule has 0 N–H and O–H groups in total. The third-order valence-electron chi connectivity index (χ3n) is 7.57. The molecule has 6 aromatic carbocycles. The van der Waals surface area contributed by atoms with Gasteiger partial charge in [-0.05, 0) is 60.0 Å². The molecular weight excluding hydrogens is 476 g/mol. The molecule has 0 saturated heterocycles. The van der Waals surface area contributed by atoms with Crippen molar-refractivity contribution in [2.24, 2.45) is 0 Å². The fourth-order valence-electron chi connectivity index (χ4n) is 5.88. The summed E-state index contributed by atoms with van der Waals surface area (Å²) in [6, 6.07) is 48.8. The van der Waals surface area contributed by atoms with Crippen molar-refractivity contribution in [1.82, 2.24) is 9.13 Å². The van der Waals surface area contributed by atoms with E-state index < -0.39 is 0 Å². The second-order valence-electron chi connectivity index (χ2n) is 9.84. The Kier molecular flexibility index (Phi) is 4.82. The monoisotopic (exact) mass is 500 g/mol. The molecule has 2 heterocycles. The predicted molar refractivity (Wildman–Crippen MR) is 162 cm³/mol. The highest BCUT2D eigenvalue weighted by molar-refractivity contribution is 6.25.